The Morgan fingerprint density at radius 1 is 1.31 bits per heavy atom. The molecule has 3 aromatic rings. The molecule has 1 aliphatic heterocycles. The molecule has 2 aromatic heterocycles. The molecule has 1 atom stereocenters. The Labute approximate surface area is 165 Å². The van der Waals surface area contributed by atoms with Crippen molar-refractivity contribution < 1.29 is 18.7 Å². The Bertz CT molecular complexity index is 1050. The van der Waals surface area contributed by atoms with Crippen molar-refractivity contribution in [2.45, 2.75) is 13.0 Å². The fourth-order valence-corrected chi connectivity index (χ4v) is 3.16. The highest BCUT2D eigenvalue weighted by atomic mass is 19.1. The SMILES string of the molecule is CC(=O)NC[C@H]1CN(c2ccc(-n3nccc3-c3cccnc3)c(F)c2)C(=O)O1. The van der Waals surface area contributed by atoms with Crippen LogP contribution in [0.3, 0.4) is 0 Å². The largest absolute Gasteiger partial charge is 0.442 e. The molecule has 0 saturated carbocycles. The standard InChI is InChI=1S/C20H18FN5O3/c1-13(27)23-11-16-12-25(20(28)29-16)15-4-5-19(17(21)9-15)26-18(6-8-24-26)14-3-2-7-22-10-14/h2-10,16H,11-12H2,1H3,(H,23,27)/t16-/m0/s1. The number of amides is 2. The van der Waals surface area contributed by atoms with Crippen molar-refractivity contribution in [2.24, 2.45) is 0 Å². The van der Waals surface area contributed by atoms with Crippen molar-refractivity contribution in [2.75, 3.05) is 18.0 Å². The van der Waals surface area contributed by atoms with Crippen molar-refractivity contribution in [3.63, 3.8) is 0 Å². The van der Waals surface area contributed by atoms with E-state index in [1.54, 1.807) is 42.9 Å². The molecule has 29 heavy (non-hydrogen) atoms. The zero-order chi connectivity index (χ0) is 20.4. The van der Waals surface area contributed by atoms with Crippen molar-refractivity contribution >= 4 is 17.7 Å². The fourth-order valence-electron chi connectivity index (χ4n) is 3.16. The number of ether oxygens (including phenoxy) is 1. The molecule has 1 N–H and O–H groups in total. The molecule has 4 rings (SSSR count). The smallest absolute Gasteiger partial charge is 0.414 e. The number of carbonyl (C=O) groups is 2. The van der Waals surface area contributed by atoms with Crippen LogP contribution in [-0.2, 0) is 9.53 Å². The van der Waals surface area contributed by atoms with E-state index < -0.39 is 18.0 Å². The third-order valence-corrected chi connectivity index (χ3v) is 4.52. The van der Waals surface area contributed by atoms with Gasteiger partial charge in [0.05, 0.1) is 30.7 Å². The molecule has 1 fully saturated rings. The molecule has 1 saturated heterocycles. The number of nitrogens with one attached hydrogen (secondary N) is 1. The van der Waals surface area contributed by atoms with E-state index in [0.29, 0.717) is 11.4 Å². The molecular weight excluding hydrogens is 377 g/mol. The molecule has 9 heteroatoms. The van der Waals surface area contributed by atoms with Crippen LogP contribution in [0.1, 0.15) is 6.92 Å². The minimum Gasteiger partial charge on any atom is -0.442 e. The minimum absolute atomic E-state index is 0.208. The molecule has 0 aliphatic carbocycles. The summed E-state index contributed by atoms with van der Waals surface area (Å²) in [4.78, 5) is 28.6. The van der Waals surface area contributed by atoms with Gasteiger partial charge in [-0.3, -0.25) is 14.7 Å². The van der Waals surface area contributed by atoms with Gasteiger partial charge in [0.2, 0.25) is 5.91 Å². The molecule has 2 amide bonds. The second-order valence-corrected chi connectivity index (χ2v) is 6.56. The Morgan fingerprint density at radius 2 is 2.17 bits per heavy atom. The minimum atomic E-state index is -0.581. The Balaban J connectivity index is 1.58. The van der Waals surface area contributed by atoms with Gasteiger partial charge in [-0.15, -0.1) is 0 Å². The van der Waals surface area contributed by atoms with Crippen LogP contribution in [0.15, 0.2) is 55.0 Å². The highest BCUT2D eigenvalue weighted by Crippen LogP contribution is 2.28. The van der Waals surface area contributed by atoms with Crippen LogP contribution in [0, 0.1) is 5.82 Å². The molecule has 0 bridgehead atoms. The number of hydrogen-bond donors (Lipinski definition) is 1. The molecular formula is C20H18FN5O3. The molecule has 0 radical (unpaired) electrons. The Kier molecular flexibility index (Phi) is 4.94. The summed E-state index contributed by atoms with van der Waals surface area (Å²) >= 11 is 0. The zero-order valence-corrected chi connectivity index (χ0v) is 15.6. The van der Waals surface area contributed by atoms with Crippen LogP contribution in [0.4, 0.5) is 14.9 Å². The van der Waals surface area contributed by atoms with E-state index in [9.17, 15) is 14.0 Å². The number of halogens is 1. The van der Waals surface area contributed by atoms with Crippen LogP contribution in [0.2, 0.25) is 0 Å². The third kappa shape index (κ3) is 3.79. The monoisotopic (exact) mass is 395 g/mol. The van der Waals surface area contributed by atoms with Crippen LogP contribution in [-0.4, -0.2) is 46.0 Å². The van der Waals surface area contributed by atoms with Gasteiger partial charge in [0.15, 0.2) is 5.82 Å². The van der Waals surface area contributed by atoms with E-state index in [1.165, 1.54) is 22.6 Å². The number of aromatic nitrogens is 3. The summed E-state index contributed by atoms with van der Waals surface area (Å²) < 4.78 is 21.6. The first-order valence-electron chi connectivity index (χ1n) is 9.00. The lowest BCUT2D eigenvalue weighted by Gasteiger charge is -2.15. The average Bonchev–Trinajstić information content (AvgIpc) is 3.33. The second kappa shape index (κ2) is 7.70. The van der Waals surface area contributed by atoms with Crippen molar-refractivity contribution in [3.05, 3.63) is 60.8 Å². The molecule has 3 heterocycles. The average molecular weight is 395 g/mol. The summed E-state index contributed by atoms with van der Waals surface area (Å²) in [6, 6.07) is 9.90. The fraction of sp³-hybridized carbons (Fsp3) is 0.200. The maximum Gasteiger partial charge on any atom is 0.414 e. The summed E-state index contributed by atoms with van der Waals surface area (Å²) in [5, 5.41) is 6.83. The lowest BCUT2D eigenvalue weighted by Crippen LogP contribution is -2.33. The first-order valence-corrected chi connectivity index (χ1v) is 9.00. The van der Waals surface area contributed by atoms with Gasteiger partial charge in [-0.05, 0) is 36.4 Å². The first-order chi connectivity index (χ1) is 14.0. The zero-order valence-electron chi connectivity index (χ0n) is 15.6. The van der Waals surface area contributed by atoms with Gasteiger partial charge in [0, 0.05) is 24.9 Å². The van der Waals surface area contributed by atoms with Crippen molar-refractivity contribution in [1.29, 1.82) is 0 Å². The van der Waals surface area contributed by atoms with E-state index in [-0.39, 0.29) is 24.7 Å². The molecule has 148 valence electrons. The number of anilines is 1. The van der Waals surface area contributed by atoms with Gasteiger partial charge >= 0.3 is 6.09 Å². The molecule has 8 nitrogen and oxygen atoms in total. The van der Waals surface area contributed by atoms with Gasteiger partial charge in [-0.25, -0.2) is 13.9 Å². The van der Waals surface area contributed by atoms with E-state index in [1.807, 2.05) is 6.07 Å². The predicted octanol–water partition coefficient (Wildman–Crippen LogP) is 2.53. The van der Waals surface area contributed by atoms with Gasteiger partial charge in [-0.1, -0.05) is 0 Å². The predicted molar refractivity (Wildman–Crippen MR) is 103 cm³/mol. The van der Waals surface area contributed by atoms with Crippen LogP contribution in [0.25, 0.3) is 16.9 Å². The summed E-state index contributed by atoms with van der Waals surface area (Å²) in [5.74, 6) is -0.743. The maximum absolute atomic E-state index is 14.9. The maximum atomic E-state index is 14.9. The van der Waals surface area contributed by atoms with E-state index >= 15 is 0 Å². The van der Waals surface area contributed by atoms with Crippen LogP contribution < -0.4 is 10.2 Å². The van der Waals surface area contributed by atoms with Crippen molar-refractivity contribution in [1.82, 2.24) is 20.1 Å². The van der Waals surface area contributed by atoms with Crippen LogP contribution in [0.5, 0.6) is 0 Å². The normalized spacial score (nSPS) is 16.0. The van der Waals surface area contributed by atoms with E-state index in [0.717, 1.165) is 5.56 Å². The summed E-state index contributed by atoms with van der Waals surface area (Å²) in [6.07, 6.45) is 3.85. The first kappa shape index (κ1) is 18.6. The van der Waals surface area contributed by atoms with Gasteiger partial charge in [0.1, 0.15) is 11.8 Å². The Morgan fingerprint density at radius 3 is 2.90 bits per heavy atom. The molecule has 1 aliphatic rings. The highest BCUT2D eigenvalue weighted by molar-refractivity contribution is 5.90. The molecule has 0 unspecified atom stereocenters. The summed E-state index contributed by atoms with van der Waals surface area (Å²) in [5.41, 5.74) is 2.12. The molecule has 1 aromatic carbocycles. The third-order valence-electron chi connectivity index (χ3n) is 4.52. The quantitative estimate of drug-likeness (QED) is 0.717. The van der Waals surface area contributed by atoms with E-state index in [4.69, 9.17) is 4.74 Å². The number of benzene rings is 1. The summed E-state index contributed by atoms with van der Waals surface area (Å²) in [6.45, 7) is 1.82. The van der Waals surface area contributed by atoms with Gasteiger partial charge in [0.25, 0.3) is 0 Å². The van der Waals surface area contributed by atoms with Gasteiger partial charge < -0.3 is 10.1 Å². The number of hydrogen-bond acceptors (Lipinski definition) is 5. The topological polar surface area (TPSA) is 89.4 Å². The number of rotatable bonds is 5. The van der Waals surface area contributed by atoms with Crippen LogP contribution >= 0.6 is 0 Å². The van der Waals surface area contributed by atoms with E-state index in [2.05, 4.69) is 15.4 Å². The number of nitrogens with zero attached hydrogens (tertiary/aromatic N) is 4. The number of pyridine rings is 1. The lowest BCUT2D eigenvalue weighted by molar-refractivity contribution is -0.119. The lowest BCUT2D eigenvalue weighted by atomic mass is 10.2. The van der Waals surface area contributed by atoms with Crippen molar-refractivity contribution in [3.8, 4) is 16.9 Å². The number of carbonyl (C=O) groups excluding carboxylic acids is 2. The summed E-state index contributed by atoms with van der Waals surface area (Å²) in [7, 11) is 0. The second-order valence-electron chi connectivity index (χ2n) is 6.56. The Hall–Kier alpha value is -3.75. The molecule has 0 spiro atoms. The number of cyclic esters (lactones) is 1. The van der Waals surface area contributed by atoms with Gasteiger partial charge in [-0.2, -0.15) is 5.10 Å². The highest BCUT2D eigenvalue weighted by Gasteiger charge is 2.32.